The van der Waals surface area contributed by atoms with Gasteiger partial charge in [0.05, 0.1) is 29.5 Å². The SMILES string of the molecule is CC(=O)O[C@H]1C(=O)[C@]2(C)[C@@H](OC(=O)CCCNC(=O)OC(C)(C)C)C[C@H]3OC[C@@]3(OC(C)=O)[C@H]2[C@H](OC(=O)c2ccccc2)[C@]2(O)C[C@H](OC(=O)[C@H](O)[C@@H](NC(=O)c3ccccc3)c3ccccc3)C(C)=C1C2(C)C. The molecule has 2 saturated carbocycles. The lowest BCUT2D eigenvalue weighted by Crippen LogP contribution is -2.82. The van der Waals surface area contributed by atoms with Crippen molar-refractivity contribution in [2.45, 2.75) is 147 Å². The van der Waals surface area contributed by atoms with Crippen LogP contribution >= 0.6 is 0 Å². The third-order valence-electron chi connectivity index (χ3n) is 14.9. The van der Waals surface area contributed by atoms with Crippen molar-refractivity contribution in [3.63, 3.8) is 0 Å². The minimum Gasteiger partial charge on any atom is -0.461 e. The summed E-state index contributed by atoms with van der Waals surface area (Å²) in [6, 6.07) is 22.7. The molecule has 19 nitrogen and oxygen atoms in total. The van der Waals surface area contributed by atoms with Crippen LogP contribution in [0, 0.1) is 16.7 Å². The first-order chi connectivity index (χ1) is 35.2. The molecule has 11 atom stereocenters. The zero-order valence-corrected chi connectivity index (χ0v) is 43.5. The fourth-order valence-electron chi connectivity index (χ4n) is 11.3. The monoisotopic (exact) mass is 1040 g/mol. The maximum Gasteiger partial charge on any atom is 0.407 e. The maximum atomic E-state index is 16.2. The molecular formula is C56H66N2O17. The summed E-state index contributed by atoms with van der Waals surface area (Å²) in [5, 5.41) is 31.3. The smallest absolute Gasteiger partial charge is 0.407 e. The van der Waals surface area contributed by atoms with E-state index in [1.54, 1.807) is 99.6 Å². The van der Waals surface area contributed by atoms with Gasteiger partial charge in [-0.2, -0.15) is 0 Å². The van der Waals surface area contributed by atoms with Gasteiger partial charge in [-0.25, -0.2) is 14.4 Å². The number of ketones is 1. The molecule has 4 aliphatic rings. The molecule has 1 aliphatic heterocycles. The molecule has 4 N–H and O–H groups in total. The average molecular weight is 1040 g/mol. The van der Waals surface area contributed by atoms with Crippen LogP contribution in [0.1, 0.15) is 120 Å². The second-order valence-corrected chi connectivity index (χ2v) is 21.3. The number of carbonyl (C=O) groups is 8. The van der Waals surface area contributed by atoms with Crippen LogP contribution in [0.25, 0.3) is 0 Å². The van der Waals surface area contributed by atoms with E-state index >= 15 is 4.79 Å². The zero-order valence-electron chi connectivity index (χ0n) is 43.5. The van der Waals surface area contributed by atoms with Crippen LogP contribution < -0.4 is 10.6 Å². The lowest BCUT2D eigenvalue weighted by atomic mass is 9.44. The van der Waals surface area contributed by atoms with Gasteiger partial charge in [-0.05, 0) is 82.0 Å². The van der Waals surface area contributed by atoms with E-state index in [-0.39, 0.29) is 48.1 Å². The van der Waals surface area contributed by atoms with Crippen LogP contribution in [0.4, 0.5) is 4.79 Å². The van der Waals surface area contributed by atoms with Crippen molar-refractivity contribution < 1.29 is 81.7 Å². The van der Waals surface area contributed by atoms with Gasteiger partial charge in [0, 0.05) is 50.6 Å². The van der Waals surface area contributed by atoms with Crippen LogP contribution in [0.3, 0.4) is 0 Å². The molecule has 3 aliphatic carbocycles. The number of esters is 5. The van der Waals surface area contributed by atoms with Crippen molar-refractivity contribution in [3.05, 3.63) is 119 Å². The summed E-state index contributed by atoms with van der Waals surface area (Å²) >= 11 is 0. The van der Waals surface area contributed by atoms with Crippen molar-refractivity contribution >= 4 is 47.6 Å². The summed E-state index contributed by atoms with van der Waals surface area (Å²) in [6.07, 6.45) is -11.9. The van der Waals surface area contributed by atoms with Gasteiger partial charge in [-0.15, -0.1) is 0 Å². The topological polar surface area (TPSA) is 266 Å². The molecule has 0 aromatic heterocycles. The van der Waals surface area contributed by atoms with Gasteiger partial charge >= 0.3 is 35.9 Å². The lowest BCUT2D eigenvalue weighted by molar-refractivity contribution is -0.346. The van der Waals surface area contributed by atoms with Crippen LogP contribution in [0.2, 0.25) is 0 Å². The molecule has 3 fully saturated rings. The Kier molecular flexibility index (Phi) is 16.1. The molecule has 7 rings (SSSR count). The number of alkyl carbamates (subject to hydrolysis) is 1. The first kappa shape index (κ1) is 55.8. The van der Waals surface area contributed by atoms with Crippen molar-refractivity contribution in [2.24, 2.45) is 16.7 Å². The molecule has 3 aromatic carbocycles. The van der Waals surface area contributed by atoms with Gasteiger partial charge < -0.3 is 54.0 Å². The predicted molar refractivity (Wildman–Crippen MR) is 265 cm³/mol. The number of hydrogen-bond acceptors (Lipinski definition) is 17. The Morgan fingerprint density at radius 3 is 1.97 bits per heavy atom. The Bertz CT molecular complexity index is 2700. The van der Waals surface area contributed by atoms with Gasteiger partial charge in [0.2, 0.25) is 0 Å². The Labute approximate surface area is 434 Å². The quantitative estimate of drug-likeness (QED) is 0.0625. The number of aliphatic hydroxyl groups is 2. The highest BCUT2D eigenvalue weighted by atomic mass is 16.6. The van der Waals surface area contributed by atoms with E-state index in [9.17, 15) is 43.8 Å². The summed E-state index contributed by atoms with van der Waals surface area (Å²) in [7, 11) is 0. The van der Waals surface area contributed by atoms with Gasteiger partial charge in [0.1, 0.15) is 35.6 Å². The van der Waals surface area contributed by atoms with Crippen LogP contribution in [0.15, 0.2) is 102 Å². The van der Waals surface area contributed by atoms with E-state index in [0.717, 1.165) is 13.8 Å². The molecule has 2 amide bonds. The number of ether oxygens (including phenoxy) is 7. The summed E-state index contributed by atoms with van der Waals surface area (Å²) in [6.45, 7) is 12.9. The Morgan fingerprint density at radius 1 is 0.813 bits per heavy atom. The van der Waals surface area contributed by atoms with Gasteiger partial charge in [-0.3, -0.25) is 24.0 Å². The number of rotatable bonds is 15. The molecule has 3 aromatic rings. The van der Waals surface area contributed by atoms with E-state index in [0.29, 0.717) is 5.56 Å². The Hall–Kier alpha value is -6.96. The van der Waals surface area contributed by atoms with Crippen molar-refractivity contribution in [3.8, 4) is 0 Å². The van der Waals surface area contributed by atoms with Crippen molar-refractivity contribution in [2.75, 3.05) is 13.2 Å². The maximum absolute atomic E-state index is 16.2. The third-order valence-corrected chi connectivity index (χ3v) is 14.9. The van der Waals surface area contributed by atoms with E-state index in [4.69, 9.17) is 33.2 Å². The van der Waals surface area contributed by atoms with Crippen molar-refractivity contribution in [1.29, 1.82) is 0 Å². The van der Waals surface area contributed by atoms with Gasteiger partial charge in [0.25, 0.3) is 5.91 Å². The van der Waals surface area contributed by atoms with Crippen molar-refractivity contribution in [1.82, 2.24) is 10.6 Å². The minimum absolute atomic E-state index is 0.00832. The van der Waals surface area contributed by atoms with Crippen LogP contribution in [-0.2, 0) is 57.1 Å². The summed E-state index contributed by atoms with van der Waals surface area (Å²) in [5.41, 5.74) is -8.46. The fourth-order valence-corrected chi connectivity index (χ4v) is 11.3. The van der Waals surface area contributed by atoms with Gasteiger partial charge in [-0.1, -0.05) is 80.6 Å². The second kappa shape index (κ2) is 21.7. The number of hydrogen-bond donors (Lipinski definition) is 4. The molecular weight excluding hydrogens is 973 g/mol. The number of Topliss-reactive ketones (excluding diaryl/α,β-unsaturated/α-hetero) is 1. The third kappa shape index (κ3) is 11.1. The molecule has 1 heterocycles. The Morgan fingerprint density at radius 2 is 1.41 bits per heavy atom. The Balaban J connectivity index is 1.36. The lowest BCUT2D eigenvalue weighted by Gasteiger charge is -2.67. The second-order valence-electron chi connectivity index (χ2n) is 21.3. The van der Waals surface area contributed by atoms with E-state index in [1.165, 1.54) is 39.8 Å². The summed E-state index contributed by atoms with van der Waals surface area (Å²) < 4.78 is 42.6. The highest BCUT2D eigenvalue weighted by molar-refractivity contribution is 5.96. The van der Waals surface area contributed by atoms with E-state index in [2.05, 4.69) is 10.6 Å². The normalized spacial score (nSPS) is 28.4. The van der Waals surface area contributed by atoms with E-state index < -0.39 is 137 Å². The molecule has 19 heteroatoms. The standard InChI is InChI=1S/C56H66N2O17/c1-31-37(71-50(66)43(62)42(34-20-13-10-14-21-34)58-48(64)35-22-15-11-16-23-35)29-56(68)47(73-49(65)36-24-17-12-18-25-36)45-54(9,46(63)44(70-32(2)59)41(31)53(56,7)8)38(28-39-55(45,30-69-39)74-33(3)60)72-40(61)26-19-27-57-51(67)75-52(4,5)6/h10-18,20-25,37-39,42-45,47,62,68H,19,26-30H2,1-9H3,(H,57,67)(H,58,64)/t37-,38-,39+,42-,43+,44+,45-,47-,54+,55-,56+/m0/s1. The fraction of sp³-hybridized carbons (Fsp3) is 0.500. The molecule has 0 radical (unpaired) electrons. The summed E-state index contributed by atoms with van der Waals surface area (Å²) in [5.74, 6) is -8.06. The molecule has 0 spiro atoms. The first-order valence-electron chi connectivity index (χ1n) is 24.9. The number of nitrogens with one attached hydrogen (secondary N) is 2. The number of benzene rings is 3. The number of aliphatic hydroxyl groups excluding tert-OH is 1. The van der Waals surface area contributed by atoms with Crippen LogP contribution in [-0.4, -0.2) is 124 Å². The van der Waals surface area contributed by atoms with Crippen LogP contribution in [0.5, 0.6) is 0 Å². The molecule has 75 heavy (non-hydrogen) atoms. The minimum atomic E-state index is -2.50. The number of carbonyl (C=O) groups excluding carboxylic acids is 8. The highest BCUT2D eigenvalue weighted by Gasteiger charge is 2.79. The molecule has 2 bridgehead atoms. The summed E-state index contributed by atoms with van der Waals surface area (Å²) in [4.78, 5) is 112. The number of fused-ring (bicyclic) bond motifs is 5. The first-order valence-corrected chi connectivity index (χ1v) is 24.9. The largest absolute Gasteiger partial charge is 0.461 e. The molecule has 402 valence electrons. The predicted octanol–water partition coefficient (Wildman–Crippen LogP) is 5.59. The molecule has 0 unspecified atom stereocenters. The molecule has 1 saturated heterocycles. The van der Waals surface area contributed by atoms with E-state index in [1.807, 2.05) is 0 Å². The van der Waals surface area contributed by atoms with Gasteiger partial charge in [0.15, 0.2) is 23.6 Å². The zero-order chi connectivity index (χ0) is 54.8. The number of amides is 2. The highest BCUT2D eigenvalue weighted by Crippen LogP contribution is 2.65. The average Bonchev–Trinajstić information content (AvgIpc) is 3.35.